The van der Waals surface area contributed by atoms with Crippen molar-refractivity contribution >= 4 is 127 Å². The van der Waals surface area contributed by atoms with Crippen LogP contribution in [0.4, 0.5) is 34.1 Å². The van der Waals surface area contributed by atoms with Crippen LogP contribution in [0.25, 0.3) is 0 Å². The highest BCUT2D eigenvalue weighted by atomic mass is 16.5. The quantitative estimate of drug-likeness (QED) is 0.219. The first-order valence-electron chi connectivity index (χ1n) is 23.4. The van der Waals surface area contributed by atoms with Crippen molar-refractivity contribution in [3.8, 4) is 23.0 Å². The molecule has 0 atom stereocenters. The highest BCUT2D eigenvalue weighted by Gasteiger charge is 2.52. The zero-order chi connectivity index (χ0) is 43.7. The number of para-hydroxylation sites is 4. The maximum Gasteiger partial charge on any atom is 0.245 e. The number of fused-ring (bicyclic) bond motifs is 14. The lowest BCUT2D eigenvalue weighted by molar-refractivity contribution is 0.477. The van der Waals surface area contributed by atoms with E-state index in [1.807, 2.05) is 0 Å². The van der Waals surface area contributed by atoms with Crippen LogP contribution < -0.4 is 84.8 Å². The number of nitrogens with zero attached hydrogens (tertiary/aromatic N) is 2. The van der Waals surface area contributed by atoms with Gasteiger partial charge in [-0.25, -0.2) is 0 Å². The average molecular weight is 840 g/mol. The molecule has 306 valence electrons. The fourth-order valence-electron chi connectivity index (χ4n) is 13.4. The molecular weight excluding hydrogens is 800 g/mol. The first-order valence-corrected chi connectivity index (χ1v) is 23.4. The van der Waals surface area contributed by atoms with Crippen molar-refractivity contribution < 1.29 is 9.47 Å². The van der Waals surface area contributed by atoms with Gasteiger partial charge >= 0.3 is 0 Å². The van der Waals surface area contributed by atoms with Gasteiger partial charge in [-0.2, -0.15) is 0 Å². The molecule has 0 saturated carbocycles. The van der Waals surface area contributed by atoms with Crippen molar-refractivity contribution in [1.82, 2.24) is 0 Å². The summed E-state index contributed by atoms with van der Waals surface area (Å²) in [5, 5.41) is 0. The minimum absolute atomic E-state index is 0.0254. The molecule has 6 heterocycles. The molecular formula is C58H40B4N2O2. The molecule has 66 heavy (non-hydrogen) atoms. The standard InChI is InChI=1S/C58H40B4N2O2/c1-33-15-13-16-34(2)53(33)59-37-19-5-7-21-39(37)61-43-31-44-48(32-47(43)63-45-23-9-11-25-49(45)65-51-29-27-41(59)55(61)57(51)63)64-46-24-10-12-26-50(46)66-52-30-28-42-56(58(52)64)62(44)40-22-8-6-20-38(40)60(42)54-35(3)17-14-18-36(54)4/h5-32H,1-4H3. The Morgan fingerprint density at radius 1 is 0.288 bits per heavy atom. The normalized spacial score (nSPS) is 14.4. The van der Waals surface area contributed by atoms with Gasteiger partial charge in [0.25, 0.3) is 0 Å². The molecule has 9 aromatic carbocycles. The van der Waals surface area contributed by atoms with Crippen LogP contribution in [-0.2, 0) is 0 Å². The van der Waals surface area contributed by atoms with Gasteiger partial charge in [0.05, 0.1) is 22.7 Å². The van der Waals surface area contributed by atoms with Gasteiger partial charge in [0.15, 0.2) is 23.0 Å². The van der Waals surface area contributed by atoms with E-state index in [2.05, 4.69) is 207 Å². The van der Waals surface area contributed by atoms with Crippen LogP contribution in [0.2, 0.25) is 0 Å². The maximum atomic E-state index is 6.95. The van der Waals surface area contributed by atoms with Crippen LogP contribution in [0.5, 0.6) is 23.0 Å². The Balaban J connectivity index is 1.07. The molecule has 0 amide bonds. The SMILES string of the molecule is Cc1cccc(C)c1B1c2ccccc2B2c3cc4c(cc3N3c5ccccc5Oc5ccc1c2c53)N1c2ccccc2Oc2ccc3c(c21)B4c1ccccc1B3c1c(C)cccc1C. The summed E-state index contributed by atoms with van der Waals surface area (Å²) in [7, 11) is 0. The van der Waals surface area contributed by atoms with E-state index in [1.165, 1.54) is 99.2 Å². The molecule has 4 nitrogen and oxygen atoms in total. The smallest absolute Gasteiger partial charge is 0.245 e. The number of aryl methyl sites for hydroxylation is 4. The summed E-state index contributed by atoms with van der Waals surface area (Å²) in [4.78, 5) is 5.08. The monoisotopic (exact) mass is 840 g/mol. The fraction of sp³-hybridized carbons (Fsp3) is 0.0690. The third-order valence-corrected chi connectivity index (χ3v) is 15.9. The van der Waals surface area contributed by atoms with Gasteiger partial charge in [0.2, 0.25) is 26.9 Å². The average Bonchev–Trinajstić information content (AvgIpc) is 3.34. The summed E-state index contributed by atoms with van der Waals surface area (Å²) in [6.07, 6.45) is 0. The topological polar surface area (TPSA) is 24.9 Å². The first-order chi connectivity index (χ1) is 32.4. The molecule has 0 bridgehead atoms. The minimum Gasteiger partial charge on any atom is -0.453 e. The van der Waals surface area contributed by atoms with Gasteiger partial charge < -0.3 is 19.3 Å². The van der Waals surface area contributed by atoms with E-state index in [9.17, 15) is 0 Å². The number of benzene rings is 9. The van der Waals surface area contributed by atoms with Gasteiger partial charge in [-0.1, -0.05) is 193 Å². The van der Waals surface area contributed by atoms with Gasteiger partial charge in [-0.05, 0) is 92.0 Å². The van der Waals surface area contributed by atoms with Gasteiger partial charge in [-0.3, -0.25) is 0 Å². The van der Waals surface area contributed by atoms with Gasteiger partial charge in [-0.15, -0.1) is 0 Å². The third kappa shape index (κ3) is 4.59. The van der Waals surface area contributed by atoms with E-state index < -0.39 is 0 Å². The molecule has 9 aromatic rings. The third-order valence-electron chi connectivity index (χ3n) is 15.9. The zero-order valence-corrected chi connectivity index (χ0v) is 37.2. The Kier molecular flexibility index (Phi) is 7.26. The van der Waals surface area contributed by atoms with Crippen molar-refractivity contribution in [3.05, 3.63) is 192 Å². The molecule has 0 radical (unpaired) electrons. The van der Waals surface area contributed by atoms with E-state index in [-0.39, 0.29) is 26.9 Å². The van der Waals surface area contributed by atoms with Crippen LogP contribution in [0.1, 0.15) is 22.3 Å². The number of rotatable bonds is 2. The Labute approximate surface area is 386 Å². The van der Waals surface area contributed by atoms with Crippen LogP contribution in [0, 0.1) is 27.7 Å². The lowest BCUT2D eigenvalue weighted by Crippen LogP contribution is -2.78. The second-order valence-corrected chi connectivity index (χ2v) is 19.2. The molecule has 15 rings (SSSR count). The predicted molar refractivity (Wildman–Crippen MR) is 279 cm³/mol. The van der Waals surface area contributed by atoms with Crippen LogP contribution >= 0.6 is 0 Å². The Hall–Kier alpha value is -7.56. The second-order valence-electron chi connectivity index (χ2n) is 19.2. The summed E-state index contributed by atoms with van der Waals surface area (Å²) >= 11 is 0. The molecule has 0 N–H and O–H groups in total. The van der Waals surface area contributed by atoms with Gasteiger partial charge in [0.1, 0.15) is 0 Å². The molecule has 0 unspecified atom stereocenters. The van der Waals surface area contributed by atoms with E-state index >= 15 is 0 Å². The van der Waals surface area contributed by atoms with E-state index in [0.29, 0.717) is 0 Å². The van der Waals surface area contributed by atoms with E-state index in [0.717, 1.165) is 45.7 Å². The molecule has 6 aliphatic heterocycles. The molecule has 0 saturated heterocycles. The molecule has 0 aliphatic carbocycles. The minimum atomic E-state index is -0.0254. The number of hydrogen-bond acceptors (Lipinski definition) is 4. The summed E-state index contributed by atoms with van der Waals surface area (Å²) in [5.41, 5.74) is 28.3. The molecule has 0 spiro atoms. The van der Waals surface area contributed by atoms with Gasteiger partial charge in [0, 0.05) is 11.4 Å². The van der Waals surface area contributed by atoms with E-state index in [1.54, 1.807) is 0 Å². The summed E-state index contributed by atoms with van der Waals surface area (Å²) in [6, 6.07) is 63.6. The van der Waals surface area contributed by atoms with Crippen molar-refractivity contribution in [2.75, 3.05) is 9.80 Å². The molecule has 0 aromatic heterocycles. The second kappa shape index (κ2) is 13.0. The maximum absolute atomic E-state index is 6.95. The van der Waals surface area contributed by atoms with Crippen LogP contribution in [0.15, 0.2) is 170 Å². The zero-order valence-electron chi connectivity index (χ0n) is 37.2. The highest BCUT2D eigenvalue weighted by molar-refractivity contribution is 7.14. The summed E-state index contributed by atoms with van der Waals surface area (Å²) < 4.78 is 13.9. The summed E-state index contributed by atoms with van der Waals surface area (Å²) in [6.45, 7) is 9.21. The van der Waals surface area contributed by atoms with Crippen LogP contribution in [-0.4, -0.2) is 26.9 Å². The van der Waals surface area contributed by atoms with Crippen molar-refractivity contribution in [1.29, 1.82) is 0 Å². The number of anilines is 6. The Bertz CT molecular complexity index is 3400. The lowest BCUT2D eigenvalue weighted by Gasteiger charge is -2.48. The van der Waals surface area contributed by atoms with Crippen molar-refractivity contribution in [3.63, 3.8) is 0 Å². The first kappa shape index (κ1) is 36.7. The summed E-state index contributed by atoms with van der Waals surface area (Å²) in [5.74, 6) is 3.52. The molecule has 8 heteroatoms. The fourth-order valence-corrected chi connectivity index (χ4v) is 13.4. The van der Waals surface area contributed by atoms with Crippen LogP contribution in [0.3, 0.4) is 0 Å². The molecule has 6 aliphatic rings. The number of hydrogen-bond donors (Lipinski definition) is 0. The van der Waals surface area contributed by atoms with Crippen molar-refractivity contribution in [2.24, 2.45) is 0 Å². The highest BCUT2D eigenvalue weighted by Crippen LogP contribution is 2.54. The number of ether oxygens (including phenoxy) is 2. The predicted octanol–water partition coefficient (Wildman–Crippen LogP) is 5.39. The Morgan fingerprint density at radius 2 is 0.652 bits per heavy atom. The Morgan fingerprint density at radius 3 is 1.06 bits per heavy atom. The lowest BCUT2D eigenvalue weighted by atomic mass is 9.18. The largest absolute Gasteiger partial charge is 0.453 e. The van der Waals surface area contributed by atoms with Crippen molar-refractivity contribution in [2.45, 2.75) is 27.7 Å². The molecule has 0 fully saturated rings. The van der Waals surface area contributed by atoms with E-state index in [4.69, 9.17) is 9.47 Å².